The molecule has 3 heteroatoms. The first-order valence-electron chi connectivity index (χ1n) is 13.1. The van der Waals surface area contributed by atoms with Crippen molar-refractivity contribution in [2.45, 2.75) is 50.4 Å². The van der Waals surface area contributed by atoms with E-state index in [0.717, 1.165) is 12.8 Å². The van der Waals surface area contributed by atoms with Gasteiger partial charge in [0, 0.05) is 31.2 Å². The molecule has 3 aliphatic rings. The van der Waals surface area contributed by atoms with Crippen LogP contribution in [0.3, 0.4) is 0 Å². The molecular formula is C31H36N2O. The zero-order chi connectivity index (χ0) is 23.0. The summed E-state index contributed by atoms with van der Waals surface area (Å²) in [5.74, 6) is 1.15. The number of piperidine rings is 2. The molecule has 2 N–H and O–H groups in total. The number of aromatic hydroxyl groups is 1. The van der Waals surface area contributed by atoms with Gasteiger partial charge in [0.15, 0.2) is 0 Å². The van der Waals surface area contributed by atoms with Crippen LogP contribution in [0.4, 0.5) is 5.69 Å². The molecule has 2 atom stereocenters. The van der Waals surface area contributed by atoms with Gasteiger partial charge in [0.2, 0.25) is 0 Å². The van der Waals surface area contributed by atoms with Crippen LogP contribution in [0, 0.1) is 5.41 Å². The lowest BCUT2D eigenvalue weighted by Crippen LogP contribution is -2.48. The second-order valence-electron chi connectivity index (χ2n) is 10.8. The van der Waals surface area contributed by atoms with E-state index < -0.39 is 0 Å². The predicted molar refractivity (Wildman–Crippen MR) is 140 cm³/mol. The molecule has 3 nitrogen and oxygen atoms in total. The summed E-state index contributed by atoms with van der Waals surface area (Å²) in [5.41, 5.74) is 7.36. The summed E-state index contributed by atoms with van der Waals surface area (Å²) in [4.78, 5) is 2.59. The van der Waals surface area contributed by atoms with E-state index in [1.54, 1.807) is 0 Å². The number of phenols is 1. The molecule has 0 unspecified atom stereocenters. The minimum atomic E-state index is 0.318. The molecule has 0 bridgehead atoms. The van der Waals surface area contributed by atoms with Gasteiger partial charge in [0.1, 0.15) is 5.75 Å². The number of fused-ring (bicyclic) bond motifs is 1. The van der Waals surface area contributed by atoms with E-state index in [4.69, 9.17) is 0 Å². The normalized spacial score (nSPS) is 24.1. The molecule has 2 heterocycles. The molecule has 2 fully saturated rings. The Hall–Kier alpha value is -2.78. The molecule has 2 saturated heterocycles. The average Bonchev–Trinajstić information content (AvgIpc) is 2.89. The van der Waals surface area contributed by atoms with Crippen molar-refractivity contribution in [3.8, 4) is 5.75 Å². The summed E-state index contributed by atoms with van der Waals surface area (Å²) >= 11 is 0. The molecule has 3 aromatic carbocycles. The Morgan fingerprint density at radius 3 is 2.38 bits per heavy atom. The second kappa shape index (κ2) is 9.11. The van der Waals surface area contributed by atoms with Crippen LogP contribution in [0.1, 0.15) is 66.2 Å². The van der Waals surface area contributed by atoms with E-state index >= 15 is 0 Å². The molecule has 0 amide bonds. The van der Waals surface area contributed by atoms with Crippen molar-refractivity contribution >= 4 is 5.69 Å². The fraction of sp³-hybridized carbons (Fsp3) is 0.419. The molecule has 0 saturated carbocycles. The van der Waals surface area contributed by atoms with Crippen LogP contribution in [0.5, 0.6) is 5.75 Å². The van der Waals surface area contributed by atoms with Crippen molar-refractivity contribution in [3.63, 3.8) is 0 Å². The van der Waals surface area contributed by atoms with Crippen molar-refractivity contribution in [2.24, 2.45) is 5.41 Å². The van der Waals surface area contributed by atoms with E-state index in [2.05, 4.69) is 70.9 Å². The fourth-order valence-corrected chi connectivity index (χ4v) is 6.87. The second-order valence-corrected chi connectivity index (χ2v) is 10.8. The summed E-state index contributed by atoms with van der Waals surface area (Å²) < 4.78 is 0. The highest BCUT2D eigenvalue weighted by atomic mass is 16.3. The molecule has 176 valence electrons. The monoisotopic (exact) mass is 452 g/mol. The van der Waals surface area contributed by atoms with Crippen molar-refractivity contribution in [3.05, 3.63) is 95.1 Å². The van der Waals surface area contributed by atoms with Gasteiger partial charge in [-0.3, -0.25) is 0 Å². The highest BCUT2D eigenvalue weighted by Gasteiger charge is 2.36. The Balaban J connectivity index is 1.27. The third-order valence-corrected chi connectivity index (χ3v) is 8.82. The predicted octanol–water partition coefficient (Wildman–Crippen LogP) is 6.22. The standard InChI is InChI=1S/C31H36N2O/c34-27-12-14-29-25(21-27)9-13-28(23-5-2-1-3-6-23)30(29)24-7-10-26(11-8-24)33-19-16-31(17-20-33)15-4-18-32-22-31/h1-3,5-8,10-12,14,21,28,30,32,34H,4,9,13,15-20,22H2/t28-,30+/m1/s1. The van der Waals surface area contributed by atoms with Gasteiger partial charge < -0.3 is 15.3 Å². The van der Waals surface area contributed by atoms with E-state index in [9.17, 15) is 5.11 Å². The van der Waals surface area contributed by atoms with Crippen LogP contribution in [-0.4, -0.2) is 31.3 Å². The van der Waals surface area contributed by atoms with E-state index in [1.807, 2.05) is 12.1 Å². The third kappa shape index (κ3) is 4.11. The molecular weight excluding hydrogens is 416 g/mol. The summed E-state index contributed by atoms with van der Waals surface area (Å²) in [6.07, 6.45) is 7.45. The minimum Gasteiger partial charge on any atom is -0.508 e. The quantitative estimate of drug-likeness (QED) is 0.495. The first-order valence-corrected chi connectivity index (χ1v) is 13.1. The number of anilines is 1. The van der Waals surface area contributed by atoms with Gasteiger partial charge in [0.25, 0.3) is 0 Å². The van der Waals surface area contributed by atoms with Gasteiger partial charge in [-0.15, -0.1) is 0 Å². The van der Waals surface area contributed by atoms with Gasteiger partial charge in [-0.2, -0.15) is 0 Å². The SMILES string of the molecule is Oc1ccc2c(c1)CC[C@H](c1ccccc1)[C@@H]2c1ccc(N2CCC3(CCCNC3)CC2)cc1. The van der Waals surface area contributed by atoms with Crippen LogP contribution in [0.2, 0.25) is 0 Å². The maximum atomic E-state index is 10.1. The summed E-state index contributed by atoms with van der Waals surface area (Å²) in [6, 6.07) is 26.4. The van der Waals surface area contributed by atoms with Crippen LogP contribution in [0.25, 0.3) is 0 Å². The number of aryl methyl sites for hydroxylation is 1. The van der Waals surface area contributed by atoms with Crippen LogP contribution < -0.4 is 10.2 Å². The van der Waals surface area contributed by atoms with E-state index in [-0.39, 0.29) is 0 Å². The lowest BCUT2D eigenvalue weighted by atomic mass is 9.69. The fourth-order valence-electron chi connectivity index (χ4n) is 6.87. The maximum absolute atomic E-state index is 10.1. The lowest BCUT2D eigenvalue weighted by Gasteiger charge is -2.45. The van der Waals surface area contributed by atoms with Crippen LogP contribution in [-0.2, 0) is 6.42 Å². The van der Waals surface area contributed by atoms with Gasteiger partial charge in [-0.1, -0.05) is 48.5 Å². The summed E-state index contributed by atoms with van der Waals surface area (Å²) in [7, 11) is 0. The van der Waals surface area contributed by atoms with Crippen LogP contribution in [0.15, 0.2) is 72.8 Å². The lowest BCUT2D eigenvalue weighted by molar-refractivity contribution is 0.161. The summed E-state index contributed by atoms with van der Waals surface area (Å²) in [6.45, 7) is 4.73. The Morgan fingerprint density at radius 1 is 0.853 bits per heavy atom. The first kappa shape index (κ1) is 21.7. The largest absolute Gasteiger partial charge is 0.508 e. The van der Waals surface area contributed by atoms with Crippen molar-refractivity contribution in [2.75, 3.05) is 31.1 Å². The number of nitrogens with zero attached hydrogens (tertiary/aromatic N) is 1. The number of phenolic OH excluding ortho intramolecular Hbond substituents is 1. The van der Waals surface area contributed by atoms with Gasteiger partial charge >= 0.3 is 0 Å². The van der Waals surface area contributed by atoms with Crippen molar-refractivity contribution in [1.82, 2.24) is 5.32 Å². The number of rotatable bonds is 3. The molecule has 1 spiro atoms. The molecule has 0 aromatic heterocycles. The Morgan fingerprint density at radius 2 is 1.65 bits per heavy atom. The number of hydrogen-bond donors (Lipinski definition) is 2. The highest BCUT2D eigenvalue weighted by Crippen LogP contribution is 2.47. The molecule has 6 rings (SSSR count). The zero-order valence-electron chi connectivity index (χ0n) is 20.0. The molecule has 34 heavy (non-hydrogen) atoms. The Bertz CT molecular complexity index is 1110. The topological polar surface area (TPSA) is 35.5 Å². The first-order chi connectivity index (χ1) is 16.7. The van der Waals surface area contributed by atoms with Crippen LogP contribution >= 0.6 is 0 Å². The van der Waals surface area contributed by atoms with E-state index in [1.165, 1.54) is 79.8 Å². The van der Waals surface area contributed by atoms with Crippen molar-refractivity contribution in [1.29, 1.82) is 0 Å². The Kier molecular flexibility index (Phi) is 5.82. The number of hydrogen-bond acceptors (Lipinski definition) is 3. The number of benzene rings is 3. The highest BCUT2D eigenvalue weighted by molar-refractivity contribution is 5.52. The molecule has 3 aromatic rings. The summed E-state index contributed by atoms with van der Waals surface area (Å²) in [5, 5.41) is 13.7. The minimum absolute atomic E-state index is 0.318. The average molecular weight is 453 g/mol. The smallest absolute Gasteiger partial charge is 0.115 e. The van der Waals surface area contributed by atoms with Gasteiger partial charge in [-0.25, -0.2) is 0 Å². The number of nitrogens with one attached hydrogen (secondary N) is 1. The van der Waals surface area contributed by atoms with Gasteiger partial charge in [-0.05, 0) is 103 Å². The molecule has 0 radical (unpaired) electrons. The molecule has 2 aliphatic heterocycles. The molecule has 1 aliphatic carbocycles. The van der Waals surface area contributed by atoms with E-state index in [0.29, 0.717) is 23.0 Å². The maximum Gasteiger partial charge on any atom is 0.115 e. The van der Waals surface area contributed by atoms with Crippen molar-refractivity contribution < 1.29 is 5.11 Å². The zero-order valence-corrected chi connectivity index (χ0v) is 20.0. The third-order valence-electron chi connectivity index (χ3n) is 8.82. The van der Waals surface area contributed by atoms with Gasteiger partial charge in [0.05, 0.1) is 0 Å². The Labute approximate surface area is 203 Å².